The molecule has 1 N–H and O–H groups in total. The molecule has 1 aliphatic rings. The maximum absolute atomic E-state index is 5.65. The number of hydrogen-bond donors (Lipinski definition) is 1. The second-order valence-corrected chi connectivity index (χ2v) is 6.29. The normalized spacial score (nSPS) is 19.0. The van der Waals surface area contributed by atoms with Crippen molar-refractivity contribution in [3.05, 3.63) is 29.6 Å². The van der Waals surface area contributed by atoms with Crippen LogP contribution in [0.2, 0.25) is 0 Å². The Balaban J connectivity index is 1.73. The lowest BCUT2D eigenvalue weighted by Crippen LogP contribution is -2.25. The molecule has 1 aliphatic heterocycles. The van der Waals surface area contributed by atoms with Crippen LogP contribution in [0.25, 0.3) is 11.0 Å². The van der Waals surface area contributed by atoms with Gasteiger partial charge < -0.3 is 14.6 Å². The summed E-state index contributed by atoms with van der Waals surface area (Å²) in [5, 5.41) is 4.77. The lowest BCUT2D eigenvalue weighted by atomic mass is 10.1. The summed E-state index contributed by atoms with van der Waals surface area (Å²) in [6, 6.07) is 4.36. The Bertz CT molecular complexity index is 612. The second kappa shape index (κ2) is 6.16. The number of fused-ring (bicyclic) bond motifs is 1. The molecule has 1 atom stereocenters. The molecule has 0 radical (unpaired) electrons. The maximum Gasteiger partial charge on any atom is 0.140 e. The summed E-state index contributed by atoms with van der Waals surface area (Å²) in [5.74, 6) is 0.463. The molecule has 114 valence electrons. The Morgan fingerprint density at radius 3 is 3.00 bits per heavy atom. The summed E-state index contributed by atoms with van der Waals surface area (Å²) < 4.78 is 7.77. The maximum atomic E-state index is 5.65. The van der Waals surface area contributed by atoms with Gasteiger partial charge in [-0.15, -0.1) is 0 Å². The van der Waals surface area contributed by atoms with Gasteiger partial charge in [0.25, 0.3) is 0 Å². The minimum Gasteiger partial charge on any atom is -0.377 e. The predicted octanol–water partition coefficient (Wildman–Crippen LogP) is 2.97. The first-order valence-corrected chi connectivity index (χ1v) is 7.92. The lowest BCUT2D eigenvalue weighted by molar-refractivity contribution is 0.110. The number of ether oxygens (including phenoxy) is 1. The summed E-state index contributed by atoms with van der Waals surface area (Å²) in [4.78, 5) is 4.79. The molecule has 4 nitrogen and oxygen atoms in total. The van der Waals surface area contributed by atoms with Crippen molar-refractivity contribution >= 4 is 11.0 Å². The zero-order valence-corrected chi connectivity index (χ0v) is 13.2. The smallest absolute Gasteiger partial charge is 0.140 e. The van der Waals surface area contributed by atoms with Crippen LogP contribution in [0.5, 0.6) is 0 Å². The van der Waals surface area contributed by atoms with Crippen LogP contribution in [0.1, 0.15) is 43.9 Å². The number of pyridine rings is 1. The second-order valence-electron chi connectivity index (χ2n) is 6.29. The third-order valence-electron chi connectivity index (χ3n) is 4.23. The first-order valence-electron chi connectivity index (χ1n) is 7.92. The van der Waals surface area contributed by atoms with Gasteiger partial charge in [-0.05, 0) is 36.5 Å². The van der Waals surface area contributed by atoms with E-state index < -0.39 is 0 Å². The van der Waals surface area contributed by atoms with Gasteiger partial charge >= 0.3 is 0 Å². The summed E-state index contributed by atoms with van der Waals surface area (Å²) in [6.45, 7) is 7.10. The van der Waals surface area contributed by atoms with Crippen LogP contribution in [0, 0.1) is 0 Å². The van der Waals surface area contributed by atoms with E-state index in [0.29, 0.717) is 12.0 Å². The summed E-state index contributed by atoms with van der Waals surface area (Å²) in [5.41, 5.74) is 3.55. The minimum absolute atomic E-state index is 0.394. The van der Waals surface area contributed by atoms with E-state index in [1.807, 2.05) is 0 Å². The fourth-order valence-corrected chi connectivity index (χ4v) is 2.98. The summed E-state index contributed by atoms with van der Waals surface area (Å²) in [7, 11) is 2.07. The Kier molecular flexibility index (Phi) is 4.27. The van der Waals surface area contributed by atoms with Gasteiger partial charge in [-0.2, -0.15) is 0 Å². The molecular weight excluding hydrogens is 262 g/mol. The van der Waals surface area contributed by atoms with Gasteiger partial charge in [0.2, 0.25) is 0 Å². The van der Waals surface area contributed by atoms with Crippen molar-refractivity contribution in [3.63, 3.8) is 0 Å². The standard InChI is InChI=1S/C17H25N3O/c1-12(2)16-7-6-15-13(11-20(3)17(15)19-16)9-18-10-14-5-4-8-21-14/h6-7,11-12,14,18H,4-5,8-10H2,1-3H3. The van der Waals surface area contributed by atoms with Gasteiger partial charge in [-0.3, -0.25) is 0 Å². The Morgan fingerprint density at radius 1 is 1.43 bits per heavy atom. The Morgan fingerprint density at radius 2 is 2.29 bits per heavy atom. The molecule has 0 aliphatic carbocycles. The molecule has 1 fully saturated rings. The summed E-state index contributed by atoms with van der Waals surface area (Å²) >= 11 is 0. The van der Waals surface area contributed by atoms with E-state index in [1.54, 1.807) is 0 Å². The predicted molar refractivity (Wildman–Crippen MR) is 85.5 cm³/mol. The third kappa shape index (κ3) is 3.11. The topological polar surface area (TPSA) is 39.1 Å². The first-order chi connectivity index (χ1) is 10.1. The van der Waals surface area contributed by atoms with E-state index in [0.717, 1.165) is 31.0 Å². The molecule has 2 aromatic rings. The highest BCUT2D eigenvalue weighted by molar-refractivity contribution is 5.80. The minimum atomic E-state index is 0.394. The molecule has 3 rings (SSSR count). The number of aromatic nitrogens is 2. The van der Waals surface area contributed by atoms with E-state index in [1.165, 1.54) is 23.8 Å². The van der Waals surface area contributed by atoms with E-state index in [2.05, 4.69) is 49.1 Å². The van der Waals surface area contributed by atoms with Crippen molar-refractivity contribution < 1.29 is 4.74 Å². The van der Waals surface area contributed by atoms with Crippen LogP contribution < -0.4 is 5.32 Å². The number of aryl methyl sites for hydroxylation is 1. The average molecular weight is 287 g/mol. The number of rotatable bonds is 5. The number of nitrogens with one attached hydrogen (secondary N) is 1. The molecule has 3 heterocycles. The van der Waals surface area contributed by atoms with Crippen LogP contribution in [0.3, 0.4) is 0 Å². The highest BCUT2D eigenvalue weighted by Gasteiger charge is 2.15. The van der Waals surface area contributed by atoms with Crippen molar-refractivity contribution in [2.75, 3.05) is 13.2 Å². The molecule has 0 spiro atoms. The Hall–Kier alpha value is -1.39. The van der Waals surface area contributed by atoms with Gasteiger partial charge in [0.1, 0.15) is 5.65 Å². The lowest BCUT2D eigenvalue weighted by Gasteiger charge is -2.10. The quantitative estimate of drug-likeness (QED) is 0.919. The number of hydrogen-bond acceptors (Lipinski definition) is 3. The van der Waals surface area contributed by atoms with Crippen LogP contribution in [-0.4, -0.2) is 28.8 Å². The molecule has 1 unspecified atom stereocenters. The third-order valence-corrected chi connectivity index (χ3v) is 4.23. The fourth-order valence-electron chi connectivity index (χ4n) is 2.98. The van der Waals surface area contributed by atoms with Crippen molar-refractivity contribution in [2.24, 2.45) is 7.05 Å². The van der Waals surface area contributed by atoms with Gasteiger partial charge in [0, 0.05) is 44.0 Å². The molecule has 21 heavy (non-hydrogen) atoms. The molecule has 0 aromatic carbocycles. The van der Waals surface area contributed by atoms with Crippen LogP contribution in [-0.2, 0) is 18.3 Å². The first kappa shape index (κ1) is 14.5. The molecule has 2 aromatic heterocycles. The monoisotopic (exact) mass is 287 g/mol. The SMILES string of the molecule is CC(C)c1ccc2c(CNCC3CCCO3)cn(C)c2n1. The highest BCUT2D eigenvalue weighted by atomic mass is 16.5. The molecule has 0 bridgehead atoms. The molecule has 0 amide bonds. The van der Waals surface area contributed by atoms with E-state index in [4.69, 9.17) is 9.72 Å². The van der Waals surface area contributed by atoms with Crippen molar-refractivity contribution in [1.29, 1.82) is 0 Å². The van der Waals surface area contributed by atoms with Crippen molar-refractivity contribution in [2.45, 2.75) is 45.3 Å². The van der Waals surface area contributed by atoms with Crippen LogP contribution in [0.4, 0.5) is 0 Å². The van der Waals surface area contributed by atoms with E-state index >= 15 is 0 Å². The van der Waals surface area contributed by atoms with Crippen molar-refractivity contribution in [1.82, 2.24) is 14.9 Å². The highest BCUT2D eigenvalue weighted by Crippen LogP contribution is 2.22. The van der Waals surface area contributed by atoms with Crippen LogP contribution in [0.15, 0.2) is 18.3 Å². The van der Waals surface area contributed by atoms with E-state index in [9.17, 15) is 0 Å². The summed E-state index contributed by atoms with van der Waals surface area (Å²) in [6.07, 6.45) is 4.96. The average Bonchev–Trinajstić information content (AvgIpc) is 3.08. The van der Waals surface area contributed by atoms with Gasteiger partial charge in [-0.1, -0.05) is 13.8 Å². The molecule has 1 saturated heterocycles. The van der Waals surface area contributed by atoms with Gasteiger partial charge in [-0.25, -0.2) is 4.98 Å². The van der Waals surface area contributed by atoms with E-state index in [-0.39, 0.29) is 0 Å². The van der Waals surface area contributed by atoms with Gasteiger partial charge in [0.15, 0.2) is 0 Å². The number of nitrogens with zero attached hydrogens (tertiary/aromatic N) is 2. The van der Waals surface area contributed by atoms with Gasteiger partial charge in [0.05, 0.1) is 6.10 Å². The molecule has 0 saturated carbocycles. The van der Waals surface area contributed by atoms with Crippen LogP contribution >= 0.6 is 0 Å². The zero-order valence-electron chi connectivity index (χ0n) is 13.2. The molecular formula is C17H25N3O. The van der Waals surface area contributed by atoms with Crippen molar-refractivity contribution in [3.8, 4) is 0 Å². The molecule has 4 heteroatoms. The Labute approximate surface area is 126 Å². The fraction of sp³-hybridized carbons (Fsp3) is 0.588. The largest absolute Gasteiger partial charge is 0.377 e. The zero-order chi connectivity index (χ0) is 14.8.